The van der Waals surface area contributed by atoms with Crippen LogP contribution >= 0.6 is 0 Å². The van der Waals surface area contributed by atoms with Gasteiger partial charge < -0.3 is 20.5 Å². The molecule has 0 radical (unpaired) electrons. The maximum absolute atomic E-state index is 12.7. The molecule has 6 heteroatoms. The number of hydrogen-bond donors (Lipinski definition) is 3. The van der Waals surface area contributed by atoms with Gasteiger partial charge in [-0.1, -0.05) is 0 Å². The third-order valence-electron chi connectivity index (χ3n) is 5.95. The van der Waals surface area contributed by atoms with E-state index in [9.17, 15) is 9.59 Å². The molecule has 0 spiro atoms. The van der Waals surface area contributed by atoms with E-state index in [0.29, 0.717) is 0 Å². The normalized spacial score (nSPS) is 27.7. The molecule has 2 saturated heterocycles. The maximum Gasteiger partial charge on any atom is 0.306 e. The molecule has 0 bridgehead atoms. The maximum atomic E-state index is 12.7. The average molecular weight is 397 g/mol. The molecule has 0 aliphatic carbocycles. The van der Waals surface area contributed by atoms with E-state index in [2.05, 4.69) is 66.0 Å². The fourth-order valence-corrected chi connectivity index (χ4v) is 6.19. The van der Waals surface area contributed by atoms with Gasteiger partial charge in [-0.05, 0) is 68.2 Å². The van der Waals surface area contributed by atoms with Crippen molar-refractivity contribution in [3.8, 4) is 0 Å². The molecule has 0 amide bonds. The Bertz CT molecular complexity index is 590. The topological polar surface area (TPSA) is 87.7 Å². The van der Waals surface area contributed by atoms with Crippen molar-refractivity contribution in [1.29, 1.82) is 0 Å². The van der Waals surface area contributed by atoms with Crippen LogP contribution in [0.3, 0.4) is 0 Å². The molecule has 2 rings (SSSR count). The van der Waals surface area contributed by atoms with E-state index in [1.807, 2.05) is 0 Å². The van der Waals surface area contributed by atoms with E-state index in [1.165, 1.54) is 0 Å². The van der Waals surface area contributed by atoms with Gasteiger partial charge in [0.1, 0.15) is 5.60 Å². The Hall–Kier alpha value is -1.14. The van der Waals surface area contributed by atoms with Crippen molar-refractivity contribution in [3.63, 3.8) is 0 Å². The molecule has 0 saturated carbocycles. The van der Waals surface area contributed by atoms with Crippen LogP contribution in [0.4, 0.5) is 0 Å². The summed E-state index contributed by atoms with van der Waals surface area (Å²) in [5.74, 6) is -1.17. The molecule has 28 heavy (non-hydrogen) atoms. The molecule has 6 nitrogen and oxygen atoms in total. The first-order chi connectivity index (χ1) is 12.5. The minimum Gasteiger partial charge on any atom is -0.481 e. The fraction of sp³-hybridized carbons (Fsp3) is 0.909. The highest BCUT2D eigenvalue weighted by Crippen LogP contribution is 2.50. The Kier molecular flexibility index (Phi) is 6.02. The van der Waals surface area contributed by atoms with Crippen molar-refractivity contribution in [3.05, 3.63) is 0 Å². The zero-order valence-corrected chi connectivity index (χ0v) is 19.0. The van der Waals surface area contributed by atoms with Gasteiger partial charge >= 0.3 is 11.9 Å². The number of nitrogens with one attached hydrogen (secondary N) is 2. The van der Waals surface area contributed by atoms with Crippen molar-refractivity contribution < 1.29 is 19.4 Å². The lowest BCUT2D eigenvalue weighted by Crippen LogP contribution is -2.69. The van der Waals surface area contributed by atoms with Crippen molar-refractivity contribution in [2.24, 2.45) is 5.92 Å². The van der Waals surface area contributed by atoms with Crippen molar-refractivity contribution in [2.75, 3.05) is 0 Å². The number of rotatable bonds is 5. The predicted molar refractivity (Wildman–Crippen MR) is 110 cm³/mol. The van der Waals surface area contributed by atoms with Crippen LogP contribution < -0.4 is 10.6 Å². The monoisotopic (exact) mass is 396 g/mol. The summed E-state index contributed by atoms with van der Waals surface area (Å²) < 4.78 is 6.26. The molecule has 2 aliphatic heterocycles. The van der Waals surface area contributed by atoms with Gasteiger partial charge in [0.15, 0.2) is 0 Å². The lowest BCUT2D eigenvalue weighted by atomic mass is 9.60. The highest BCUT2D eigenvalue weighted by atomic mass is 16.6. The first-order valence-corrected chi connectivity index (χ1v) is 10.5. The molecule has 0 aromatic rings. The van der Waals surface area contributed by atoms with Crippen molar-refractivity contribution in [2.45, 2.75) is 122 Å². The molecule has 2 fully saturated rings. The molecule has 2 heterocycles. The third kappa shape index (κ3) is 5.93. The van der Waals surface area contributed by atoms with Gasteiger partial charge in [-0.3, -0.25) is 9.59 Å². The second-order valence-corrected chi connectivity index (χ2v) is 11.7. The number of ether oxygens (including phenoxy) is 1. The number of piperidine rings is 2. The van der Waals surface area contributed by atoms with Gasteiger partial charge in [0.25, 0.3) is 0 Å². The number of esters is 1. The van der Waals surface area contributed by atoms with Crippen LogP contribution in [-0.4, -0.2) is 44.8 Å². The standard InChI is InChI=1S/C22H40N2O4/c1-18(2)11-15(12-19(3,4)23-18)22(28-17(27)10-9-16(25)26)13-20(5,6)24-21(7,8)14-22/h15,23-24H,9-14H2,1-8H3,(H,25,26). The average Bonchev–Trinajstić information content (AvgIpc) is 2.38. The highest BCUT2D eigenvalue weighted by molar-refractivity contribution is 5.76. The number of hydrogen-bond acceptors (Lipinski definition) is 5. The smallest absolute Gasteiger partial charge is 0.306 e. The molecule has 162 valence electrons. The Balaban J connectivity index is 2.41. The van der Waals surface area contributed by atoms with Gasteiger partial charge in [0, 0.05) is 40.9 Å². The van der Waals surface area contributed by atoms with E-state index in [4.69, 9.17) is 9.84 Å². The van der Waals surface area contributed by atoms with Crippen LogP contribution in [0.2, 0.25) is 0 Å². The van der Waals surface area contributed by atoms with E-state index >= 15 is 0 Å². The van der Waals surface area contributed by atoms with Crippen LogP contribution in [0.5, 0.6) is 0 Å². The van der Waals surface area contributed by atoms with Gasteiger partial charge in [-0.2, -0.15) is 0 Å². The summed E-state index contributed by atoms with van der Waals surface area (Å²) in [5.41, 5.74) is -1.11. The first-order valence-electron chi connectivity index (χ1n) is 10.5. The molecule has 0 aromatic heterocycles. The Morgan fingerprint density at radius 2 is 1.25 bits per heavy atom. The summed E-state index contributed by atoms with van der Waals surface area (Å²) in [7, 11) is 0. The summed E-state index contributed by atoms with van der Waals surface area (Å²) >= 11 is 0. The molecular formula is C22H40N2O4. The van der Waals surface area contributed by atoms with Crippen molar-refractivity contribution in [1.82, 2.24) is 10.6 Å². The van der Waals surface area contributed by atoms with E-state index < -0.39 is 17.5 Å². The number of aliphatic carboxylic acids is 1. The Morgan fingerprint density at radius 1 is 0.821 bits per heavy atom. The molecule has 0 unspecified atom stereocenters. The minimum absolute atomic E-state index is 0.0634. The van der Waals surface area contributed by atoms with Crippen LogP contribution in [0.1, 0.15) is 93.9 Å². The lowest BCUT2D eigenvalue weighted by Gasteiger charge is -2.59. The summed E-state index contributed by atoms with van der Waals surface area (Å²) in [5, 5.41) is 16.4. The summed E-state index contributed by atoms with van der Waals surface area (Å²) in [4.78, 5) is 23.6. The van der Waals surface area contributed by atoms with Crippen LogP contribution in [0.15, 0.2) is 0 Å². The van der Waals surface area contributed by atoms with Crippen LogP contribution in [0, 0.1) is 5.92 Å². The minimum atomic E-state index is -0.971. The summed E-state index contributed by atoms with van der Waals surface area (Å²) in [6.07, 6.45) is 2.99. The Labute approximate surface area is 170 Å². The van der Waals surface area contributed by atoms with Crippen molar-refractivity contribution >= 4 is 11.9 Å². The van der Waals surface area contributed by atoms with Crippen LogP contribution in [0.25, 0.3) is 0 Å². The lowest BCUT2D eigenvalue weighted by molar-refractivity contribution is -0.187. The number of carbonyl (C=O) groups is 2. The highest BCUT2D eigenvalue weighted by Gasteiger charge is 2.56. The molecule has 0 atom stereocenters. The largest absolute Gasteiger partial charge is 0.481 e. The summed E-state index contributed by atoms with van der Waals surface area (Å²) in [6, 6.07) is 0. The van der Waals surface area contributed by atoms with E-state index in [-0.39, 0.29) is 40.9 Å². The van der Waals surface area contributed by atoms with E-state index in [1.54, 1.807) is 0 Å². The van der Waals surface area contributed by atoms with E-state index in [0.717, 1.165) is 25.7 Å². The second kappa shape index (κ2) is 7.28. The third-order valence-corrected chi connectivity index (χ3v) is 5.95. The van der Waals surface area contributed by atoms with Gasteiger partial charge in [-0.15, -0.1) is 0 Å². The van der Waals surface area contributed by atoms with Crippen LogP contribution in [-0.2, 0) is 14.3 Å². The van der Waals surface area contributed by atoms with Gasteiger partial charge in [-0.25, -0.2) is 0 Å². The summed E-state index contributed by atoms with van der Waals surface area (Å²) in [6.45, 7) is 17.5. The number of carboxylic acid groups (broad SMARTS) is 1. The van der Waals surface area contributed by atoms with Gasteiger partial charge in [0.05, 0.1) is 12.8 Å². The molecule has 2 aliphatic rings. The second-order valence-electron chi connectivity index (χ2n) is 11.7. The van der Waals surface area contributed by atoms with Gasteiger partial charge in [0.2, 0.25) is 0 Å². The molecule has 3 N–H and O–H groups in total. The Morgan fingerprint density at radius 3 is 1.68 bits per heavy atom. The quantitative estimate of drug-likeness (QED) is 0.615. The predicted octanol–water partition coefficient (Wildman–Crippen LogP) is 3.63. The zero-order valence-electron chi connectivity index (χ0n) is 19.0. The first kappa shape index (κ1) is 23.1. The number of carboxylic acids is 1. The molecule has 0 aromatic carbocycles. The number of carbonyl (C=O) groups excluding carboxylic acids is 1. The zero-order chi connectivity index (χ0) is 21.6. The fourth-order valence-electron chi connectivity index (χ4n) is 6.19. The molecular weight excluding hydrogens is 356 g/mol. The SMILES string of the molecule is CC1(C)CC(C2(OC(=O)CCC(=O)O)CC(C)(C)NC(C)(C)C2)CC(C)(C)N1.